The summed E-state index contributed by atoms with van der Waals surface area (Å²) in [6.07, 6.45) is 2.44. The third kappa shape index (κ3) is 5.99. The standard InChI is InChI=1S/C14H26N4O2S/c1-4-10-18(6-3)11-9-17-21(19,20)13-7-8-14(15-5-2)16-12-13/h7-8,12,17H,4-6,9-11H2,1-3H3,(H,15,16). The number of nitrogens with one attached hydrogen (secondary N) is 2. The van der Waals surface area contributed by atoms with Crippen LogP contribution in [0, 0.1) is 0 Å². The van der Waals surface area contributed by atoms with Crippen LogP contribution in [0.15, 0.2) is 23.2 Å². The van der Waals surface area contributed by atoms with Crippen molar-refractivity contribution in [1.82, 2.24) is 14.6 Å². The Kier molecular flexibility index (Phi) is 7.63. The average Bonchev–Trinajstić information content (AvgIpc) is 2.47. The second-order valence-electron chi connectivity index (χ2n) is 4.74. The highest BCUT2D eigenvalue weighted by atomic mass is 32.2. The van der Waals surface area contributed by atoms with Crippen molar-refractivity contribution in [3.63, 3.8) is 0 Å². The topological polar surface area (TPSA) is 74.3 Å². The van der Waals surface area contributed by atoms with Gasteiger partial charge < -0.3 is 10.2 Å². The molecule has 0 aliphatic carbocycles. The van der Waals surface area contributed by atoms with Crippen LogP contribution in [0.25, 0.3) is 0 Å². The van der Waals surface area contributed by atoms with Gasteiger partial charge in [-0.3, -0.25) is 0 Å². The van der Waals surface area contributed by atoms with Crippen LogP contribution in [-0.4, -0.2) is 51.0 Å². The lowest BCUT2D eigenvalue weighted by Crippen LogP contribution is -2.35. The van der Waals surface area contributed by atoms with Crippen molar-refractivity contribution in [2.45, 2.75) is 32.1 Å². The maximum atomic E-state index is 12.1. The summed E-state index contributed by atoms with van der Waals surface area (Å²) in [6, 6.07) is 3.24. The summed E-state index contributed by atoms with van der Waals surface area (Å²) in [5, 5.41) is 3.03. The van der Waals surface area contributed by atoms with Gasteiger partial charge in [-0.15, -0.1) is 0 Å². The molecular weight excluding hydrogens is 288 g/mol. The lowest BCUT2D eigenvalue weighted by molar-refractivity contribution is 0.293. The second kappa shape index (κ2) is 8.96. The summed E-state index contributed by atoms with van der Waals surface area (Å²) < 4.78 is 26.9. The highest BCUT2D eigenvalue weighted by Gasteiger charge is 2.14. The van der Waals surface area contributed by atoms with Crippen LogP contribution >= 0.6 is 0 Å². The minimum atomic E-state index is -3.48. The van der Waals surface area contributed by atoms with Gasteiger partial charge in [-0.1, -0.05) is 13.8 Å². The van der Waals surface area contributed by atoms with E-state index in [4.69, 9.17) is 0 Å². The number of likely N-dealkylation sites (N-methyl/N-ethyl adjacent to an activating group) is 1. The molecule has 1 rings (SSSR count). The van der Waals surface area contributed by atoms with Crippen LogP contribution < -0.4 is 10.0 Å². The summed E-state index contributed by atoms with van der Waals surface area (Å²) in [7, 11) is -3.48. The Morgan fingerprint density at radius 1 is 1.19 bits per heavy atom. The van der Waals surface area contributed by atoms with E-state index in [0.717, 1.165) is 26.1 Å². The Bertz CT molecular complexity index is 502. The van der Waals surface area contributed by atoms with Crippen LogP contribution in [-0.2, 0) is 10.0 Å². The van der Waals surface area contributed by atoms with Gasteiger partial charge in [0.15, 0.2) is 0 Å². The zero-order valence-corrected chi connectivity index (χ0v) is 13.9. The van der Waals surface area contributed by atoms with Gasteiger partial charge in [0.2, 0.25) is 10.0 Å². The van der Waals surface area contributed by atoms with Crippen LogP contribution in [0.2, 0.25) is 0 Å². The smallest absolute Gasteiger partial charge is 0.242 e. The zero-order chi connectivity index (χ0) is 15.7. The SMILES string of the molecule is CCCN(CC)CCNS(=O)(=O)c1ccc(NCC)nc1. The fourth-order valence-electron chi connectivity index (χ4n) is 1.99. The van der Waals surface area contributed by atoms with Gasteiger partial charge in [-0.2, -0.15) is 0 Å². The Hall–Kier alpha value is -1.18. The second-order valence-corrected chi connectivity index (χ2v) is 6.51. The first-order valence-corrected chi connectivity index (χ1v) is 8.93. The van der Waals surface area contributed by atoms with Crippen LogP contribution in [0.4, 0.5) is 5.82 Å². The number of hydrogen-bond acceptors (Lipinski definition) is 5. The Balaban J connectivity index is 2.56. The van der Waals surface area contributed by atoms with E-state index >= 15 is 0 Å². The Morgan fingerprint density at radius 2 is 1.95 bits per heavy atom. The van der Waals surface area contributed by atoms with Crippen molar-refractivity contribution in [3.8, 4) is 0 Å². The fraction of sp³-hybridized carbons (Fsp3) is 0.643. The summed E-state index contributed by atoms with van der Waals surface area (Å²) in [5.74, 6) is 0.677. The molecule has 0 aliphatic heterocycles. The van der Waals surface area contributed by atoms with Gasteiger partial charge in [0.1, 0.15) is 10.7 Å². The molecule has 0 unspecified atom stereocenters. The molecule has 0 saturated heterocycles. The Morgan fingerprint density at radius 3 is 2.48 bits per heavy atom. The van der Waals surface area contributed by atoms with E-state index in [-0.39, 0.29) is 4.90 Å². The highest BCUT2D eigenvalue weighted by molar-refractivity contribution is 7.89. The fourth-order valence-corrected chi connectivity index (χ4v) is 2.96. The molecule has 1 aromatic rings. The van der Waals surface area contributed by atoms with Gasteiger partial charge in [-0.05, 0) is 38.6 Å². The number of sulfonamides is 1. The predicted molar refractivity (Wildman–Crippen MR) is 86.0 cm³/mol. The molecule has 6 nitrogen and oxygen atoms in total. The van der Waals surface area contributed by atoms with E-state index in [0.29, 0.717) is 18.9 Å². The van der Waals surface area contributed by atoms with Gasteiger partial charge in [0.25, 0.3) is 0 Å². The number of nitrogens with zero attached hydrogens (tertiary/aromatic N) is 2. The molecule has 0 fully saturated rings. The normalized spacial score (nSPS) is 11.8. The van der Waals surface area contributed by atoms with E-state index in [1.807, 2.05) is 6.92 Å². The molecule has 0 aromatic carbocycles. The number of aromatic nitrogens is 1. The quantitative estimate of drug-likeness (QED) is 0.685. The third-order valence-electron chi connectivity index (χ3n) is 3.11. The van der Waals surface area contributed by atoms with Gasteiger partial charge in [0, 0.05) is 25.8 Å². The van der Waals surface area contributed by atoms with Crippen molar-refractivity contribution >= 4 is 15.8 Å². The highest BCUT2D eigenvalue weighted by Crippen LogP contribution is 2.10. The van der Waals surface area contributed by atoms with Crippen molar-refractivity contribution in [1.29, 1.82) is 0 Å². The van der Waals surface area contributed by atoms with Crippen LogP contribution in [0.3, 0.4) is 0 Å². The molecule has 0 saturated carbocycles. The molecule has 0 amide bonds. The molecular formula is C14H26N4O2S. The molecule has 1 aromatic heterocycles. The number of anilines is 1. The first-order valence-electron chi connectivity index (χ1n) is 7.45. The monoisotopic (exact) mass is 314 g/mol. The maximum Gasteiger partial charge on any atom is 0.242 e. The Labute approximate surface area is 128 Å². The van der Waals surface area contributed by atoms with Crippen molar-refractivity contribution in [3.05, 3.63) is 18.3 Å². The minimum Gasteiger partial charge on any atom is -0.370 e. The largest absolute Gasteiger partial charge is 0.370 e. The lowest BCUT2D eigenvalue weighted by Gasteiger charge is -2.19. The molecule has 0 spiro atoms. The number of pyridine rings is 1. The minimum absolute atomic E-state index is 0.197. The van der Waals surface area contributed by atoms with E-state index in [9.17, 15) is 8.42 Å². The molecule has 1 heterocycles. The number of hydrogen-bond donors (Lipinski definition) is 2. The average molecular weight is 314 g/mol. The summed E-state index contributed by atoms with van der Waals surface area (Å²) in [6.45, 7) is 9.94. The van der Waals surface area contributed by atoms with Gasteiger partial charge >= 0.3 is 0 Å². The molecule has 21 heavy (non-hydrogen) atoms. The summed E-state index contributed by atoms with van der Waals surface area (Å²) in [4.78, 5) is 6.50. The number of rotatable bonds is 10. The van der Waals surface area contributed by atoms with Crippen molar-refractivity contribution in [2.75, 3.05) is 38.0 Å². The summed E-state index contributed by atoms with van der Waals surface area (Å²) >= 11 is 0. The molecule has 0 radical (unpaired) electrons. The molecule has 0 bridgehead atoms. The van der Waals surface area contributed by atoms with E-state index in [1.165, 1.54) is 6.20 Å². The third-order valence-corrected chi connectivity index (χ3v) is 4.56. The molecule has 2 N–H and O–H groups in total. The first kappa shape index (κ1) is 17.9. The van der Waals surface area contributed by atoms with Gasteiger partial charge in [-0.25, -0.2) is 18.1 Å². The van der Waals surface area contributed by atoms with Crippen molar-refractivity contribution in [2.24, 2.45) is 0 Å². The zero-order valence-electron chi connectivity index (χ0n) is 13.1. The molecule has 7 heteroatoms. The van der Waals surface area contributed by atoms with E-state index in [1.54, 1.807) is 12.1 Å². The molecule has 120 valence electrons. The van der Waals surface area contributed by atoms with E-state index < -0.39 is 10.0 Å². The molecule has 0 aliphatic rings. The first-order chi connectivity index (χ1) is 10.0. The molecule has 0 atom stereocenters. The van der Waals surface area contributed by atoms with Crippen LogP contribution in [0.1, 0.15) is 27.2 Å². The van der Waals surface area contributed by atoms with E-state index in [2.05, 4.69) is 33.8 Å². The maximum absolute atomic E-state index is 12.1. The van der Waals surface area contributed by atoms with Crippen LogP contribution in [0.5, 0.6) is 0 Å². The van der Waals surface area contributed by atoms with Crippen molar-refractivity contribution < 1.29 is 8.42 Å². The lowest BCUT2D eigenvalue weighted by atomic mass is 10.4. The van der Waals surface area contributed by atoms with Gasteiger partial charge in [0.05, 0.1) is 0 Å². The predicted octanol–water partition coefficient (Wildman–Crippen LogP) is 1.52. The summed E-state index contributed by atoms with van der Waals surface area (Å²) in [5.41, 5.74) is 0.